The van der Waals surface area contributed by atoms with E-state index in [2.05, 4.69) is 38.1 Å². The van der Waals surface area contributed by atoms with Crippen LogP contribution in [0.1, 0.15) is 35.9 Å². The Bertz CT molecular complexity index is 573. The number of halogens is 3. The Hall–Kier alpha value is -0.690. The zero-order valence-electron chi connectivity index (χ0n) is 11.5. The van der Waals surface area contributed by atoms with E-state index < -0.39 is 0 Å². The molecule has 0 amide bonds. The van der Waals surface area contributed by atoms with Crippen molar-refractivity contribution in [3.05, 3.63) is 69.2 Å². The summed E-state index contributed by atoms with van der Waals surface area (Å²) < 4.78 is 0. The van der Waals surface area contributed by atoms with E-state index in [0.717, 1.165) is 17.5 Å². The van der Waals surface area contributed by atoms with Crippen molar-refractivity contribution in [1.29, 1.82) is 0 Å². The van der Waals surface area contributed by atoms with Crippen molar-refractivity contribution in [3.8, 4) is 0 Å². The van der Waals surface area contributed by atoms with Gasteiger partial charge in [-0.2, -0.15) is 0 Å². The molecular weight excluding hydrogens is 311 g/mol. The van der Waals surface area contributed by atoms with Crippen LogP contribution in [0.25, 0.3) is 0 Å². The topological polar surface area (TPSA) is 0 Å². The van der Waals surface area contributed by atoms with Crippen LogP contribution in [0.2, 0.25) is 10.0 Å². The van der Waals surface area contributed by atoms with E-state index >= 15 is 0 Å². The van der Waals surface area contributed by atoms with Gasteiger partial charge in [-0.1, -0.05) is 61.3 Å². The molecule has 0 saturated carbocycles. The van der Waals surface area contributed by atoms with E-state index in [1.807, 2.05) is 6.07 Å². The molecule has 0 fully saturated rings. The van der Waals surface area contributed by atoms with E-state index in [1.54, 1.807) is 12.1 Å². The van der Waals surface area contributed by atoms with E-state index in [-0.39, 0.29) is 5.38 Å². The minimum Gasteiger partial charge on any atom is -0.113 e. The second kappa shape index (κ2) is 6.85. The first-order chi connectivity index (χ1) is 9.47. The normalized spacial score (nSPS) is 12.7. The van der Waals surface area contributed by atoms with Crippen molar-refractivity contribution in [2.45, 2.75) is 25.6 Å². The Labute approximate surface area is 135 Å². The smallest absolute Gasteiger partial charge is 0.0850 e. The maximum atomic E-state index is 6.52. The van der Waals surface area contributed by atoms with Crippen molar-refractivity contribution in [2.24, 2.45) is 5.92 Å². The van der Waals surface area contributed by atoms with Gasteiger partial charge < -0.3 is 0 Å². The quantitative estimate of drug-likeness (QED) is 0.561. The highest BCUT2D eigenvalue weighted by Gasteiger charge is 2.14. The van der Waals surface area contributed by atoms with Gasteiger partial charge in [0.05, 0.1) is 5.38 Å². The lowest BCUT2D eigenvalue weighted by molar-refractivity contribution is 0.647. The number of hydrogen-bond acceptors (Lipinski definition) is 0. The zero-order valence-corrected chi connectivity index (χ0v) is 13.8. The third-order valence-corrected chi connectivity index (χ3v) is 4.21. The number of alkyl halides is 1. The minimum atomic E-state index is -0.283. The van der Waals surface area contributed by atoms with Crippen LogP contribution in [0.4, 0.5) is 0 Å². The van der Waals surface area contributed by atoms with Crippen LogP contribution < -0.4 is 0 Å². The molecule has 0 heterocycles. The predicted octanol–water partition coefficient (Wildman–Crippen LogP) is 6.52. The highest BCUT2D eigenvalue weighted by molar-refractivity contribution is 6.35. The molecule has 0 nitrogen and oxygen atoms in total. The van der Waals surface area contributed by atoms with E-state index in [0.29, 0.717) is 16.0 Å². The molecule has 106 valence electrons. The maximum absolute atomic E-state index is 6.52. The summed E-state index contributed by atoms with van der Waals surface area (Å²) in [7, 11) is 0. The van der Waals surface area contributed by atoms with Gasteiger partial charge in [0.1, 0.15) is 0 Å². The highest BCUT2D eigenvalue weighted by Crippen LogP contribution is 2.35. The van der Waals surface area contributed by atoms with Gasteiger partial charge in [0, 0.05) is 10.0 Å². The molecular formula is C17H17Cl3. The zero-order chi connectivity index (χ0) is 14.7. The van der Waals surface area contributed by atoms with Gasteiger partial charge in [-0.3, -0.25) is 0 Å². The Kier molecular flexibility index (Phi) is 5.37. The molecule has 0 N–H and O–H groups in total. The summed E-state index contributed by atoms with van der Waals surface area (Å²) in [5, 5.41) is 1.00. The first kappa shape index (κ1) is 15.7. The summed E-state index contributed by atoms with van der Waals surface area (Å²) in [6.45, 7) is 4.42. The number of hydrogen-bond donors (Lipinski definition) is 0. The Balaban J connectivity index is 2.24. The number of rotatable bonds is 4. The molecule has 0 aliphatic rings. The molecule has 3 heteroatoms. The lowest BCUT2D eigenvalue weighted by atomic mass is 9.99. The van der Waals surface area contributed by atoms with Gasteiger partial charge in [0.15, 0.2) is 0 Å². The predicted molar refractivity (Wildman–Crippen MR) is 89.1 cm³/mol. The monoisotopic (exact) mass is 326 g/mol. The van der Waals surface area contributed by atoms with Crippen molar-refractivity contribution in [2.75, 3.05) is 0 Å². The SMILES string of the molecule is CC(C)Cc1ccc(C(Cl)c2cc(Cl)ccc2Cl)cc1. The lowest BCUT2D eigenvalue weighted by Crippen LogP contribution is -1.97. The van der Waals surface area contributed by atoms with E-state index in [4.69, 9.17) is 34.8 Å². The van der Waals surface area contributed by atoms with Crippen LogP contribution in [-0.2, 0) is 6.42 Å². The largest absolute Gasteiger partial charge is 0.113 e. The molecule has 0 radical (unpaired) electrons. The highest BCUT2D eigenvalue weighted by atomic mass is 35.5. The molecule has 1 unspecified atom stereocenters. The molecule has 0 saturated heterocycles. The summed E-state index contributed by atoms with van der Waals surface area (Å²) in [6, 6.07) is 13.7. The van der Waals surface area contributed by atoms with Crippen molar-refractivity contribution in [3.63, 3.8) is 0 Å². The van der Waals surface area contributed by atoms with Crippen LogP contribution in [-0.4, -0.2) is 0 Å². The van der Waals surface area contributed by atoms with Crippen LogP contribution in [0.3, 0.4) is 0 Å². The Morgan fingerprint density at radius 1 is 0.950 bits per heavy atom. The molecule has 0 aliphatic carbocycles. The summed E-state index contributed by atoms with van der Waals surface area (Å²) >= 11 is 18.7. The maximum Gasteiger partial charge on any atom is 0.0850 e. The van der Waals surface area contributed by atoms with Crippen molar-refractivity contribution < 1.29 is 0 Å². The third-order valence-electron chi connectivity index (χ3n) is 3.15. The standard InChI is InChI=1S/C17H17Cl3/c1-11(2)9-12-3-5-13(6-4-12)17(20)15-10-14(18)7-8-16(15)19/h3-8,10-11,17H,9H2,1-2H3. The summed E-state index contributed by atoms with van der Waals surface area (Å²) in [6.07, 6.45) is 1.07. The fraction of sp³-hybridized carbons (Fsp3) is 0.294. The van der Waals surface area contributed by atoms with Gasteiger partial charge in [0.2, 0.25) is 0 Å². The molecule has 2 rings (SSSR count). The second-order valence-electron chi connectivity index (χ2n) is 5.37. The molecule has 0 aromatic heterocycles. The minimum absolute atomic E-state index is 0.283. The Morgan fingerprint density at radius 2 is 1.60 bits per heavy atom. The fourth-order valence-electron chi connectivity index (χ4n) is 2.18. The fourth-order valence-corrected chi connectivity index (χ4v) is 2.97. The molecule has 20 heavy (non-hydrogen) atoms. The van der Waals surface area contributed by atoms with Crippen LogP contribution in [0.5, 0.6) is 0 Å². The van der Waals surface area contributed by atoms with E-state index in [9.17, 15) is 0 Å². The van der Waals surface area contributed by atoms with Crippen LogP contribution >= 0.6 is 34.8 Å². The molecule has 0 spiro atoms. The van der Waals surface area contributed by atoms with Gasteiger partial charge in [-0.15, -0.1) is 11.6 Å². The summed E-state index contributed by atoms with van der Waals surface area (Å²) in [5.41, 5.74) is 3.20. The van der Waals surface area contributed by atoms with Crippen molar-refractivity contribution >= 4 is 34.8 Å². The van der Waals surface area contributed by atoms with Crippen LogP contribution in [0, 0.1) is 5.92 Å². The average molecular weight is 328 g/mol. The summed E-state index contributed by atoms with van der Waals surface area (Å²) in [4.78, 5) is 0. The van der Waals surface area contributed by atoms with Gasteiger partial charge in [0.25, 0.3) is 0 Å². The second-order valence-corrected chi connectivity index (χ2v) is 6.65. The molecule has 1 atom stereocenters. The first-order valence-electron chi connectivity index (χ1n) is 6.65. The van der Waals surface area contributed by atoms with Crippen LogP contribution in [0.15, 0.2) is 42.5 Å². The van der Waals surface area contributed by atoms with Gasteiger partial charge in [-0.25, -0.2) is 0 Å². The molecule has 0 aliphatic heterocycles. The van der Waals surface area contributed by atoms with E-state index in [1.165, 1.54) is 5.56 Å². The molecule has 2 aromatic rings. The first-order valence-corrected chi connectivity index (χ1v) is 7.84. The van der Waals surface area contributed by atoms with Gasteiger partial charge >= 0.3 is 0 Å². The Morgan fingerprint density at radius 3 is 2.20 bits per heavy atom. The average Bonchev–Trinajstić information content (AvgIpc) is 2.41. The lowest BCUT2D eigenvalue weighted by Gasteiger charge is -2.13. The third kappa shape index (κ3) is 3.91. The van der Waals surface area contributed by atoms with Crippen molar-refractivity contribution in [1.82, 2.24) is 0 Å². The van der Waals surface area contributed by atoms with Gasteiger partial charge in [-0.05, 0) is 47.2 Å². The number of benzene rings is 2. The summed E-state index contributed by atoms with van der Waals surface area (Å²) in [5.74, 6) is 0.648. The molecule has 0 bridgehead atoms. The molecule has 2 aromatic carbocycles.